The molecule has 0 saturated heterocycles. The van der Waals surface area contributed by atoms with Gasteiger partial charge in [-0.05, 0) is 6.92 Å². The van der Waals surface area contributed by atoms with Crippen molar-refractivity contribution in [2.45, 2.75) is 13.8 Å². The standard InChI is InChI=1S/C8H15N3O2/c1-6(2)10-8(13)11(5-4-9)7(3)12/h1,4-5,9H2,2-3H3,(H,10,13). The van der Waals surface area contributed by atoms with Gasteiger partial charge in [-0.2, -0.15) is 0 Å². The van der Waals surface area contributed by atoms with Crippen molar-refractivity contribution >= 4 is 11.9 Å². The van der Waals surface area contributed by atoms with Gasteiger partial charge in [0.1, 0.15) is 0 Å². The van der Waals surface area contributed by atoms with Crippen LogP contribution in [0.3, 0.4) is 0 Å². The lowest BCUT2D eigenvalue weighted by atomic mass is 10.5. The maximum absolute atomic E-state index is 11.3. The zero-order valence-corrected chi connectivity index (χ0v) is 7.96. The second-order valence-electron chi connectivity index (χ2n) is 2.67. The summed E-state index contributed by atoms with van der Waals surface area (Å²) in [7, 11) is 0. The molecule has 0 aliphatic rings. The molecular weight excluding hydrogens is 170 g/mol. The smallest absolute Gasteiger partial charge is 0.328 e. The van der Waals surface area contributed by atoms with Crippen LogP contribution in [0.15, 0.2) is 12.3 Å². The van der Waals surface area contributed by atoms with E-state index in [4.69, 9.17) is 5.73 Å². The third kappa shape index (κ3) is 4.27. The molecule has 0 aromatic heterocycles. The topological polar surface area (TPSA) is 75.4 Å². The monoisotopic (exact) mass is 185 g/mol. The van der Waals surface area contributed by atoms with Gasteiger partial charge in [-0.3, -0.25) is 9.69 Å². The minimum absolute atomic E-state index is 0.217. The van der Waals surface area contributed by atoms with Crippen molar-refractivity contribution in [2.75, 3.05) is 13.1 Å². The number of nitrogens with zero attached hydrogens (tertiary/aromatic N) is 1. The minimum Gasteiger partial charge on any atom is -0.329 e. The molecule has 0 saturated carbocycles. The van der Waals surface area contributed by atoms with Gasteiger partial charge in [0.2, 0.25) is 5.91 Å². The average molecular weight is 185 g/mol. The van der Waals surface area contributed by atoms with Crippen LogP contribution in [-0.4, -0.2) is 29.9 Å². The van der Waals surface area contributed by atoms with E-state index in [0.717, 1.165) is 4.90 Å². The third-order valence-electron chi connectivity index (χ3n) is 1.30. The quantitative estimate of drug-likeness (QED) is 0.651. The maximum atomic E-state index is 11.3. The average Bonchev–Trinajstić information content (AvgIpc) is 1.97. The highest BCUT2D eigenvalue weighted by atomic mass is 16.2. The first-order valence-electron chi connectivity index (χ1n) is 3.93. The van der Waals surface area contributed by atoms with Crippen LogP contribution < -0.4 is 11.1 Å². The molecule has 0 rings (SSSR count). The molecular formula is C8H15N3O2. The Bertz CT molecular complexity index is 225. The van der Waals surface area contributed by atoms with E-state index < -0.39 is 6.03 Å². The van der Waals surface area contributed by atoms with Gasteiger partial charge in [-0.15, -0.1) is 0 Å². The highest BCUT2D eigenvalue weighted by molar-refractivity contribution is 5.93. The highest BCUT2D eigenvalue weighted by Crippen LogP contribution is 1.92. The summed E-state index contributed by atoms with van der Waals surface area (Å²) in [6, 6.07) is -0.481. The number of imide groups is 1. The minimum atomic E-state index is -0.481. The molecule has 3 N–H and O–H groups in total. The molecule has 0 aliphatic heterocycles. The molecule has 5 nitrogen and oxygen atoms in total. The van der Waals surface area contributed by atoms with Crippen LogP contribution in [0.4, 0.5) is 4.79 Å². The summed E-state index contributed by atoms with van der Waals surface area (Å²) in [5, 5.41) is 2.43. The Labute approximate surface area is 77.6 Å². The molecule has 0 unspecified atom stereocenters. The van der Waals surface area contributed by atoms with E-state index in [9.17, 15) is 9.59 Å². The predicted octanol–water partition coefficient (Wildman–Crippen LogP) is 0.0368. The molecule has 0 fully saturated rings. The lowest BCUT2D eigenvalue weighted by Gasteiger charge is -2.18. The van der Waals surface area contributed by atoms with Crippen molar-refractivity contribution in [1.29, 1.82) is 0 Å². The fourth-order valence-corrected chi connectivity index (χ4v) is 0.781. The second-order valence-corrected chi connectivity index (χ2v) is 2.67. The Kier molecular flexibility index (Phi) is 4.76. The fourth-order valence-electron chi connectivity index (χ4n) is 0.781. The van der Waals surface area contributed by atoms with E-state index in [1.54, 1.807) is 6.92 Å². The predicted molar refractivity (Wildman–Crippen MR) is 49.8 cm³/mol. The molecule has 74 valence electrons. The molecule has 13 heavy (non-hydrogen) atoms. The Morgan fingerprint density at radius 1 is 1.46 bits per heavy atom. The lowest BCUT2D eigenvalue weighted by molar-refractivity contribution is -0.125. The second kappa shape index (κ2) is 5.31. The number of carbonyl (C=O) groups excluding carboxylic acids is 2. The number of hydrogen-bond acceptors (Lipinski definition) is 3. The Hall–Kier alpha value is -1.36. The van der Waals surface area contributed by atoms with Gasteiger partial charge in [0.05, 0.1) is 0 Å². The van der Waals surface area contributed by atoms with Gasteiger partial charge in [0.15, 0.2) is 0 Å². The van der Waals surface area contributed by atoms with Crippen molar-refractivity contribution in [1.82, 2.24) is 10.2 Å². The maximum Gasteiger partial charge on any atom is 0.328 e. The van der Waals surface area contributed by atoms with E-state index in [0.29, 0.717) is 5.70 Å². The number of nitrogens with two attached hydrogens (primary N) is 1. The van der Waals surface area contributed by atoms with Crippen LogP contribution in [0.2, 0.25) is 0 Å². The van der Waals surface area contributed by atoms with E-state index in [2.05, 4.69) is 11.9 Å². The summed E-state index contributed by atoms with van der Waals surface area (Å²) in [5.41, 5.74) is 5.73. The number of urea groups is 1. The van der Waals surface area contributed by atoms with E-state index >= 15 is 0 Å². The summed E-state index contributed by atoms with van der Waals surface area (Å²) < 4.78 is 0. The summed E-state index contributed by atoms with van der Waals surface area (Å²) in [5.74, 6) is -0.329. The van der Waals surface area contributed by atoms with Crippen LogP contribution in [0.5, 0.6) is 0 Å². The molecule has 5 heteroatoms. The highest BCUT2D eigenvalue weighted by Gasteiger charge is 2.15. The molecule has 0 spiro atoms. The number of amides is 3. The summed E-state index contributed by atoms with van der Waals surface area (Å²) >= 11 is 0. The number of rotatable bonds is 3. The van der Waals surface area contributed by atoms with Crippen LogP contribution >= 0.6 is 0 Å². The van der Waals surface area contributed by atoms with Gasteiger partial charge >= 0.3 is 6.03 Å². The largest absolute Gasteiger partial charge is 0.329 e. The van der Waals surface area contributed by atoms with Gasteiger partial charge in [0, 0.05) is 25.7 Å². The van der Waals surface area contributed by atoms with Gasteiger partial charge in [-0.25, -0.2) is 4.79 Å². The van der Waals surface area contributed by atoms with Gasteiger partial charge in [-0.1, -0.05) is 6.58 Å². The van der Waals surface area contributed by atoms with Crippen molar-refractivity contribution in [3.05, 3.63) is 12.3 Å². The number of allylic oxidation sites excluding steroid dienone is 1. The van der Waals surface area contributed by atoms with Crippen molar-refractivity contribution in [3.63, 3.8) is 0 Å². The molecule has 0 aliphatic carbocycles. The lowest BCUT2D eigenvalue weighted by Crippen LogP contribution is -2.44. The Morgan fingerprint density at radius 3 is 2.31 bits per heavy atom. The first-order chi connectivity index (χ1) is 5.99. The van der Waals surface area contributed by atoms with Crippen molar-refractivity contribution < 1.29 is 9.59 Å². The molecule has 0 radical (unpaired) electrons. The van der Waals surface area contributed by atoms with E-state index in [-0.39, 0.29) is 19.0 Å². The van der Waals surface area contributed by atoms with Crippen LogP contribution in [0.1, 0.15) is 13.8 Å². The third-order valence-corrected chi connectivity index (χ3v) is 1.30. The van der Waals surface area contributed by atoms with E-state index in [1.807, 2.05) is 0 Å². The van der Waals surface area contributed by atoms with Crippen LogP contribution in [0, 0.1) is 0 Å². The van der Waals surface area contributed by atoms with Crippen LogP contribution in [-0.2, 0) is 4.79 Å². The fraction of sp³-hybridized carbons (Fsp3) is 0.500. The Morgan fingerprint density at radius 2 is 2.00 bits per heavy atom. The zero-order chi connectivity index (χ0) is 10.4. The first kappa shape index (κ1) is 11.6. The Balaban J connectivity index is 4.28. The summed E-state index contributed by atoms with van der Waals surface area (Å²) in [6.07, 6.45) is 0. The van der Waals surface area contributed by atoms with Crippen molar-refractivity contribution in [3.8, 4) is 0 Å². The zero-order valence-electron chi connectivity index (χ0n) is 7.96. The molecule has 0 bridgehead atoms. The number of hydrogen-bond donors (Lipinski definition) is 2. The van der Waals surface area contributed by atoms with Gasteiger partial charge in [0.25, 0.3) is 0 Å². The SMILES string of the molecule is C=C(C)NC(=O)N(CCN)C(C)=O. The van der Waals surface area contributed by atoms with Crippen molar-refractivity contribution in [2.24, 2.45) is 5.73 Å². The van der Waals surface area contributed by atoms with E-state index in [1.165, 1.54) is 6.92 Å². The summed E-state index contributed by atoms with van der Waals surface area (Å²) in [6.45, 7) is 6.92. The van der Waals surface area contributed by atoms with Gasteiger partial charge < -0.3 is 11.1 Å². The van der Waals surface area contributed by atoms with Crippen LogP contribution in [0.25, 0.3) is 0 Å². The molecule has 0 aromatic carbocycles. The molecule has 0 aromatic rings. The molecule has 0 heterocycles. The molecule has 3 amide bonds. The summed E-state index contributed by atoms with van der Waals surface area (Å²) in [4.78, 5) is 23.2. The number of nitrogens with one attached hydrogen (secondary N) is 1. The number of carbonyl (C=O) groups is 2. The normalized spacial score (nSPS) is 9.15. The first-order valence-corrected chi connectivity index (χ1v) is 3.93. The molecule has 0 atom stereocenters.